The Morgan fingerprint density at radius 3 is 2.77 bits per heavy atom. The number of nitrogens with zero attached hydrogens (tertiary/aromatic N) is 1. The van der Waals surface area contributed by atoms with Crippen LogP contribution in [0.5, 0.6) is 0 Å². The molecule has 4 heteroatoms. The van der Waals surface area contributed by atoms with Crippen LogP contribution in [0.4, 0.5) is 0 Å². The fraction of sp³-hybridized carbons (Fsp3) is 0.556. The highest BCUT2D eigenvalue weighted by molar-refractivity contribution is 7.84. The molecule has 0 aliphatic carbocycles. The lowest BCUT2D eigenvalue weighted by atomic mass is 10.5. The lowest BCUT2D eigenvalue weighted by Crippen LogP contribution is -2.21. The molecule has 13 heavy (non-hydrogen) atoms. The van der Waals surface area contributed by atoms with Crippen molar-refractivity contribution in [2.75, 3.05) is 26.8 Å². The summed E-state index contributed by atoms with van der Waals surface area (Å²) in [5.74, 6) is 0. The molecule has 76 valence electrons. The van der Waals surface area contributed by atoms with E-state index in [9.17, 15) is 0 Å². The summed E-state index contributed by atoms with van der Waals surface area (Å²) < 4.78 is 4.97. The molecule has 0 aromatic heterocycles. The second-order valence-corrected chi connectivity index (χ2v) is 3.07. The van der Waals surface area contributed by atoms with Crippen LogP contribution < -0.4 is 5.73 Å². The third kappa shape index (κ3) is 7.74. The van der Waals surface area contributed by atoms with Gasteiger partial charge in [0, 0.05) is 20.2 Å². The van der Waals surface area contributed by atoms with Crippen molar-refractivity contribution in [3.8, 4) is 0 Å². The normalized spacial score (nSPS) is 12.4. The number of hydrogen-bond acceptors (Lipinski definition) is 4. The molecule has 0 aliphatic rings. The summed E-state index contributed by atoms with van der Waals surface area (Å²) in [5, 5.41) is 0.513. The van der Waals surface area contributed by atoms with Gasteiger partial charge in [-0.15, -0.1) is 12.6 Å². The standard InChI is InChI=1S/C9H18N2OS/c1-3-11(7-8-12-2)6-4-5-9(10)13/h4-6,13H,3,7-8,10H2,1-2H3/b6-4+,9-5+. The average molecular weight is 202 g/mol. The van der Waals surface area contributed by atoms with Gasteiger partial charge < -0.3 is 15.4 Å². The Balaban J connectivity index is 3.82. The van der Waals surface area contributed by atoms with Crippen molar-refractivity contribution in [1.82, 2.24) is 4.90 Å². The maximum Gasteiger partial charge on any atom is 0.0637 e. The number of allylic oxidation sites excluding steroid dienone is 2. The molecule has 0 radical (unpaired) electrons. The molecule has 2 N–H and O–H groups in total. The minimum absolute atomic E-state index is 0.513. The number of hydrogen-bond donors (Lipinski definition) is 2. The Bertz CT molecular complexity index is 176. The molecular weight excluding hydrogens is 184 g/mol. The highest BCUT2D eigenvalue weighted by Crippen LogP contribution is 1.93. The van der Waals surface area contributed by atoms with E-state index < -0.39 is 0 Å². The van der Waals surface area contributed by atoms with Crippen LogP contribution in [0.25, 0.3) is 0 Å². The number of rotatable bonds is 6. The molecule has 0 atom stereocenters. The molecular formula is C9H18N2OS. The van der Waals surface area contributed by atoms with Gasteiger partial charge in [0.25, 0.3) is 0 Å². The van der Waals surface area contributed by atoms with Crippen molar-refractivity contribution in [3.63, 3.8) is 0 Å². The Kier molecular flexibility index (Phi) is 7.63. The molecule has 0 fully saturated rings. The van der Waals surface area contributed by atoms with Crippen LogP contribution in [0.2, 0.25) is 0 Å². The Morgan fingerprint density at radius 1 is 1.62 bits per heavy atom. The van der Waals surface area contributed by atoms with Crippen LogP contribution in [-0.2, 0) is 4.74 Å². The Hall–Kier alpha value is -0.610. The van der Waals surface area contributed by atoms with E-state index in [0.717, 1.165) is 19.7 Å². The molecule has 0 bridgehead atoms. The molecule has 0 aromatic carbocycles. The van der Waals surface area contributed by atoms with E-state index in [1.807, 2.05) is 12.3 Å². The highest BCUT2D eigenvalue weighted by atomic mass is 32.1. The van der Waals surface area contributed by atoms with Crippen molar-refractivity contribution in [3.05, 3.63) is 23.4 Å². The summed E-state index contributed by atoms with van der Waals surface area (Å²) in [6.45, 7) is 4.68. The smallest absolute Gasteiger partial charge is 0.0637 e. The zero-order valence-electron chi connectivity index (χ0n) is 8.23. The van der Waals surface area contributed by atoms with E-state index >= 15 is 0 Å². The minimum atomic E-state index is 0.513. The fourth-order valence-electron chi connectivity index (χ4n) is 0.810. The van der Waals surface area contributed by atoms with E-state index in [2.05, 4.69) is 24.5 Å². The predicted molar refractivity (Wildman–Crippen MR) is 59.5 cm³/mol. The van der Waals surface area contributed by atoms with Gasteiger partial charge in [0.05, 0.1) is 11.6 Å². The first-order valence-electron chi connectivity index (χ1n) is 4.26. The van der Waals surface area contributed by atoms with Crippen molar-refractivity contribution in [2.45, 2.75) is 6.92 Å². The van der Waals surface area contributed by atoms with Crippen molar-refractivity contribution >= 4 is 12.6 Å². The molecule has 0 unspecified atom stereocenters. The fourth-order valence-corrected chi connectivity index (χ4v) is 0.896. The van der Waals surface area contributed by atoms with Gasteiger partial charge >= 0.3 is 0 Å². The van der Waals surface area contributed by atoms with Gasteiger partial charge in [-0.3, -0.25) is 0 Å². The molecule has 0 saturated carbocycles. The largest absolute Gasteiger partial charge is 0.394 e. The molecule has 0 rings (SSSR count). The van der Waals surface area contributed by atoms with Gasteiger partial charge in [-0.1, -0.05) is 0 Å². The Labute approximate surface area is 85.6 Å². The number of likely N-dealkylation sites (N-methyl/N-ethyl adjacent to an activating group) is 1. The zero-order valence-corrected chi connectivity index (χ0v) is 9.13. The molecule has 0 aromatic rings. The van der Waals surface area contributed by atoms with E-state index in [-0.39, 0.29) is 0 Å². The zero-order chi connectivity index (χ0) is 10.1. The van der Waals surface area contributed by atoms with Crippen LogP contribution >= 0.6 is 12.6 Å². The molecule has 0 heterocycles. The van der Waals surface area contributed by atoms with E-state index in [4.69, 9.17) is 10.5 Å². The summed E-state index contributed by atoms with van der Waals surface area (Å²) in [4.78, 5) is 2.14. The van der Waals surface area contributed by atoms with Crippen LogP contribution in [0.1, 0.15) is 6.92 Å². The van der Waals surface area contributed by atoms with E-state index in [0.29, 0.717) is 5.03 Å². The lowest BCUT2D eigenvalue weighted by Gasteiger charge is -2.16. The molecule has 0 aliphatic heterocycles. The minimum Gasteiger partial charge on any atom is -0.394 e. The maximum atomic E-state index is 5.35. The quantitative estimate of drug-likeness (QED) is 0.502. The maximum absolute atomic E-state index is 5.35. The van der Waals surface area contributed by atoms with Gasteiger partial charge in [-0.2, -0.15) is 0 Å². The summed E-state index contributed by atoms with van der Waals surface area (Å²) in [7, 11) is 1.70. The summed E-state index contributed by atoms with van der Waals surface area (Å²) in [6, 6.07) is 0. The second kappa shape index (κ2) is 8.01. The first-order chi connectivity index (χ1) is 6.20. The van der Waals surface area contributed by atoms with Crippen LogP contribution in [0.3, 0.4) is 0 Å². The summed E-state index contributed by atoms with van der Waals surface area (Å²) in [5.41, 5.74) is 5.35. The summed E-state index contributed by atoms with van der Waals surface area (Å²) >= 11 is 3.94. The molecule has 3 nitrogen and oxygen atoms in total. The SMILES string of the molecule is CCN(/C=C/C=C(\N)S)CCOC. The van der Waals surface area contributed by atoms with Gasteiger partial charge in [0.15, 0.2) is 0 Å². The molecule has 0 spiro atoms. The highest BCUT2D eigenvalue weighted by Gasteiger charge is 1.92. The van der Waals surface area contributed by atoms with Crippen molar-refractivity contribution < 1.29 is 4.74 Å². The van der Waals surface area contributed by atoms with Crippen molar-refractivity contribution in [2.24, 2.45) is 5.73 Å². The topological polar surface area (TPSA) is 38.5 Å². The third-order valence-corrected chi connectivity index (χ3v) is 1.70. The summed E-state index contributed by atoms with van der Waals surface area (Å²) in [6.07, 6.45) is 5.60. The number of thiol groups is 1. The lowest BCUT2D eigenvalue weighted by molar-refractivity contribution is 0.171. The monoisotopic (exact) mass is 202 g/mol. The van der Waals surface area contributed by atoms with Gasteiger partial charge in [-0.05, 0) is 25.3 Å². The van der Waals surface area contributed by atoms with Crippen LogP contribution in [-0.4, -0.2) is 31.7 Å². The van der Waals surface area contributed by atoms with Gasteiger partial charge in [0.2, 0.25) is 0 Å². The average Bonchev–Trinajstić information content (AvgIpc) is 2.10. The van der Waals surface area contributed by atoms with Gasteiger partial charge in [0.1, 0.15) is 0 Å². The predicted octanol–water partition coefficient (Wildman–Crippen LogP) is 1.20. The van der Waals surface area contributed by atoms with Crippen LogP contribution in [0.15, 0.2) is 23.4 Å². The number of methoxy groups -OCH3 is 1. The van der Waals surface area contributed by atoms with Crippen LogP contribution in [0, 0.1) is 0 Å². The van der Waals surface area contributed by atoms with Gasteiger partial charge in [-0.25, -0.2) is 0 Å². The Morgan fingerprint density at radius 2 is 2.31 bits per heavy atom. The molecule has 0 amide bonds. The first kappa shape index (κ1) is 12.4. The number of ether oxygens (including phenoxy) is 1. The second-order valence-electron chi connectivity index (χ2n) is 2.55. The van der Waals surface area contributed by atoms with Crippen molar-refractivity contribution in [1.29, 1.82) is 0 Å². The number of nitrogens with two attached hydrogens (primary N) is 1. The molecule has 0 saturated heterocycles. The van der Waals surface area contributed by atoms with E-state index in [1.54, 1.807) is 13.2 Å². The third-order valence-electron chi connectivity index (χ3n) is 1.55. The van der Waals surface area contributed by atoms with E-state index in [1.165, 1.54) is 0 Å². The first-order valence-corrected chi connectivity index (χ1v) is 4.71.